The fraction of sp³-hybridized carbons (Fsp3) is 0.636. The Morgan fingerprint density at radius 3 is 2.94 bits per heavy atom. The molecule has 0 spiro atoms. The number of amides is 2. The number of nitrogens with one attached hydrogen (secondary N) is 1. The molecule has 1 aromatic heterocycles. The molecule has 1 saturated heterocycles. The van der Waals surface area contributed by atoms with Crippen LogP contribution in [0.4, 0.5) is 4.79 Å². The number of aromatic amines is 1. The highest BCUT2D eigenvalue weighted by atomic mass is 127. The Labute approximate surface area is 115 Å². The van der Waals surface area contributed by atoms with Gasteiger partial charge in [-0.2, -0.15) is 5.10 Å². The van der Waals surface area contributed by atoms with Crippen LogP contribution in [0.2, 0.25) is 0 Å². The van der Waals surface area contributed by atoms with Crippen molar-refractivity contribution in [1.29, 1.82) is 0 Å². The van der Waals surface area contributed by atoms with Crippen molar-refractivity contribution in [2.45, 2.75) is 25.3 Å². The largest absolute Gasteiger partial charge is 0.331 e. The fourth-order valence-electron chi connectivity index (χ4n) is 2.23. The van der Waals surface area contributed by atoms with Crippen molar-refractivity contribution in [3.05, 3.63) is 15.5 Å². The number of likely N-dealkylation sites (tertiary alicyclic amines) is 1. The lowest BCUT2D eigenvalue weighted by Gasteiger charge is -2.36. The van der Waals surface area contributed by atoms with Crippen molar-refractivity contribution in [2.24, 2.45) is 0 Å². The van der Waals surface area contributed by atoms with Crippen LogP contribution in [0, 0.1) is 3.57 Å². The molecule has 1 atom stereocenters. The number of hydrogen-bond donors (Lipinski definition) is 1. The second-order valence-electron chi connectivity index (χ2n) is 4.51. The zero-order valence-corrected chi connectivity index (χ0v) is 12.3. The highest BCUT2D eigenvalue weighted by Gasteiger charge is 2.31. The lowest BCUT2D eigenvalue weighted by Crippen LogP contribution is -2.44. The molecule has 0 radical (unpaired) electrons. The maximum atomic E-state index is 12.1. The van der Waals surface area contributed by atoms with Gasteiger partial charge < -0.3 is 9.80 Å². The van der Waals surface area contributed by atoms with E-state index in [1.54, 1.807) is 19.0 Å². The van der Waals surface area contributed by atoms with Crippen LogP contribution in [0.15, 0.2) is 6.20 Å². The zero-order valence-electron chi connectivity index (χ0n) is 10.1. The van der Waals surface area contributed by atoms with Crippen molar-refractivity contribution in [1.82, 2.24) is 20.0 Å². The van der Waals surface area contributed by atoms with E-state index in [-0.39, 0.29) is 12.1 Å². The van der Waals surface area contributed by atoms with Crippen LogP contribution in [-0.2, 0) is 0 Å². The monoisotopic (exact) mass is 348 g/mol. The second kappa shape index (κ2) is 5.24. The number of halogens is 1. The maximum absolute atomic E-state index is 12.1. The number of nitrogens with zero attached hydrogens (tertiary/aromatic N) is 3. The first kappa shape index (κ1) is 12.7. The third-order valence-electron chi connectivity index (χ3n) is 3.08. The van der Waals surface area contributed by atoms with Gasteiger partial charge in [-0.25, -0.2) is 4.79 Å². The number of urea groups is 1. The van der Waals surface area contributed by atoms with Crippen molar-refractivity contribution in [2.75, 3.05) is 20.6 Å². The van der Waals surface area contributed by atoms with Crippen molar-refractivity contribution >= 4 is 28.6 Å². The molecule has 1 unspecified atom stereocenters. The summed E-state index contributed by atoms with van der Waals surface area (Å²) < 4.78 is 1.10. The number of H-pyrrole nitrogens is 1. The summed E-state index contributed by atoms with van der Waals surface area (Å²) in [5.41, 5.74) is 1.07. The third-order valence-corrected chi connectivity index (χ3v) is 3.94. The summed E-state index contributed by atoms with van der Waals surface area (Å²) >= 11 is 2.26. The Morgan fingerprint density at radius 1 is 1.59 bits per heavy atom. The van der Waals surface area contributed by atoms with Gasteiger partial charge in [-0.3, -0.25) is 5.10 Å². The smallest absolute Gasteiger partial charge is 0.320 e. The predicted molar refractivity (Wildman–Crippen MR) is 73.7 cm³/mol. The van der Waals surface area contributed by atoms with Gasteiger partial charge in [0.15, 0.2) is 0 Å². The van der Waals surface area contributed by atoms with Crippen molar-refractivity contribution in [3.63, 3.8) is 0 Å². The lowest BCUT2D eigenvalue weighted by molar-refractivity contribution is 0.127. The van der Waals surface area contributed by atoms with Crippen LogP contribution in [0.3, 0.4) is 0 Å². The van der Waals surface area contributed by atoms with Gasteiger partial charge in [-0.1, -0.05) is 0 Å². The fourth-order valence-corrected chi connectivity index (χ4v) is 2.85. The molecular weight excluding hydrogens is 331 g/mol. The summed E-state index contributed by atoms with van der Waals surface area (Å²) in [5, 5.41) is 7.08. The number of rotatable bonds is 1. The van der Waals surface area contributed by atoms with Gasteiger partial charge >= 0.3 is 6.03 Å². The van der Waals surface area contributed by atoms with E-state index in [1.165, 1.54) is 0 Å². The molecule has 2 rings (SSSR count). The summed E-state index contributed by atoms with van der Waals surface area (Å²) in [4.78, 5) is 15.7. The summed E-state index contributed by atoms with van der Waals surface area (Å²) in [6.45, 7) is 0.830. The van der Waals surface area contributed by atoms with Gasteiger partial charge in [0.2, 0.25) is 0 Å². The molecule has 0 saturated carbocycles. The molecular formula is C11H17IN4O. The number of hydrogen-bond acceptors (Lipinski definition) is 2. The van der Waals surface area contributed by atoms with E-state index in [2.05, 4.69) is 32.8 Å². The quantitative estimate of drug-likeness (QED) is 0.792. The molecule has 2 heterocycles. The zero-order chi connectivity index (χ0) is 12.4. The summed E-state index contributed by atoms with van der Waals surface area (Å²) in [6.07, 6.45) is 5.07. The maximum Gasteiger partial charge on any atom is 0.320 e. The molecule has 5 nitrogen and oxygen atoms in total. The Hall–Kier alpha value is -0.790. The standard InChI is InChI=1S/C11H17IN4O/c1-15(2)11(17)16-6-4-3-5-9(16)10-8(12)7-13-14-10/h7,9H,3-6H2,1-2H3,(H,13,14). The summed E-state index contributed by atoms with van der Waals surface area (Å²) in [7, 11) is 3.60. The molecule has 0 bridgehead atoms. The minimum atomic E-state index is 0.0834. The Kier molecular flexibility index (Phi) is 3.90. The minimum absolute atomic E-state index is 0.0834. The first-order valence-corrected chi connectivity index (χ1v) is 6.86. The van der Waals surface area contributed by atoms with E-state index >= 15 is 0 Å². The Balaban J connectivity index is 2.24. The average molecular weight is 348 g/mol. The van der Waals surface area contributed by atoms with Gasteiger partial charge in [0, 0.05) is 20.6 Å². The molecule has 1 aliphatic heterocycles. The first-order chi connectivity index (χ1) is 8.11. The minimum Gasteiger partial charge on any atom is -0.331 e. The normalized spacial score (nSPS) is 20.4. The highest BCUT2D eigenvalue weighted by molar-refractivity contribution is 14.1. The van der Waals surface area contributed by atoms with Crippen LogP contribution in [0.1, 0.15) is 31.0 Å². The van der Waals surface area contributed by atoms with Crippen molar-refractivity contribution in [3.8, 4) is 0 Å². The SMILES string of the molecule is CN(C)C(=O)N1CCCCC1c1[nH]ncc1I. The highest BCUT2D eigenvalue weighted by Crippen LogP contribution is 2.32. The van der Waals surface area contributed by atoms with E-state index < -0.39 is 0 Å². The number of carbonyl (C=O) groups excluding carboxylic acids is 1. The molecule has 17 heavy (non-hydrogen) atoms. The molecule has 0 aliphatic carbocycles. The molecule has 1 N–H and O–H groups in total. The Bertz CT molecular complexity index is 404. The molecule has 2 amide bonds. The summed E-state index contributed by atoms with van der Waals surface area (Å²) in [5.74, 6) is 0. The molecule has 1 fully saturated rings. The van der Waals surface area contributed by atoms with E-state index in [1.807, 2.05) is 11.1 Å². The van der Waals surface area contributed by atoms with Crippen LogP contribution in [-0.4, -0.2) is 46.7 Å². The number of piperidine rings is 1. The Morgan fingerprint density at radius 2 is 2.35 bits per heavy atom. The predicted octanol–water partition coefficient (Wildman–Crippen LogP) is 2.22. The third kappa shape index (κ3) is 2.56. The lowest BCUT2D eigenvalue weighted by atomic mass is 10.00. The van der Waals surface area contributed by atoms with Crippen LogP contribution >= 0.6 is 22.6 Å². The van der Waals surface area contributed by atoms with Crippen LogP contribution in [0.25, 0.3) is 0 Å². The average Bonchev–Trinajstić information content (AvgIpc) is 2.74. The summed E-state index contributed by atoms with van der Waals surface area (Å²) in [6, 6.07) is 0.230. The molecule has 1 aliphatic rings. The number of carbonyl (C=O) groups is 1. The molecule has 6 heteroatoms. The molecule has 0 aromatic carbocycles. The van der Waals surface area contributed by atoms with E-state index in [4.69, 9.17) is 0 Å². The van der Waals surface area contributed by atoms with Gasteiger partial charge in [0.25, 0.3) is 0 Å². The number of aromatic nitrogens is 2. The van der Waals surface area contributed by atoms with Crippen LogP contribution < -0.4 is 0 Å². The van der Waals surface area contributed by atoms with Gasteiger partial charge in [0.1, 0.15) is 0 Å². The van der Waals surface area contributed by atoms with Gasteiger partial charge in [0.05, 0.1) is 21.5 Å². The van der Waals surface area contributed by atoms with E-state index in [0.29, 0.717) is 0 Å². The first-order valence-electron chi connectivity index (χ1n) is 5.78. The topological polar surface area (TPSA) is 52.2 Å². The van der Waals surface area contributed by atoms with Crippen molar-refractivity contribution < 1.29 is 4.79 Å². The van der Waals surface area contributed by atoms with Gasteiger partial charge in [-0.05, 0) is 41.9 Å². The molecule has 94 valence electrons. The molecule has 1 aromatic rings. The van der Waals surface area contributed by atoms with E-state index in [9.17, 15) is 4.79 Å². The van der Waals surface area contributed by atoms with Gasteiger partial charge in [-0.15, -0.1) is 0 Å². The van der Waals surface area contributed by atoms with E-state index in [0.717, 1.165) is 35.1 Å². The second-order valence-corrected chi connectivity index (χ2v) is 5.68. The van der Waals surface area contributed by atoms with Crippen LogP contribution in [0.5, 0.6) is 0 Å².